The fourth-order valence-electron chi connectivity index (χ4n) is 2.26. The Morgan fingerprint density at radius 1 is 1.39 bits per heavy atom. The Hall–Kier alpha value is -1.02. The van der Waals surface area contributed by atoms with Gasteiger partial charge in [-0.15, -0.1) is 11.6 Å². The lowest BCUT2D eigenvalue weighted by Crippen LogP contribution is -2.10. The van der Waals surface area contributed by atoms with Crippen LogP contribution in [0.2, 0.25) is 0 Å². The molecule has 0 bridgehead atoms. The smallest absolute Gasteiger partial charge is 0.111 e. The average molecular weight is 265 g/mol. The van der Waals surface area contributed by atoms with Crippen LogP contribution in [0.5, 0.6) is 0 Å². The first-order chi connectivity index (χ1) is 8.67. The largest absolute Gasteiger partial charge is 0.328 e. The van der Waals surface area contributed by atoms with E-state index in [0.717, 1.165) is 24.3 Å². The summed E-state index contributed by atoms with van der Waals surface area (Å²) >= 11 is 5.89. The van der Waals surface area contributed by atoms with Crippen LogP contribution in [0.15, 0.2) is 18.2 Å². The fourth-order valence-corrected chi connectivity index (χ4v) is 2.42. The van der Waals surface area contributed by atoms with E-state index >= 15 is 0 Å². The summed E-state index contributed by atoms with van der Waals surface area (Å²) in [6, 6.07) is 6.39. The molecule has 0 saturated heterocycles. The van der Waals surface area contributed by atoms with Gasteiger partial charge in [0.2, 0.25) is 0 Å². The number of para-hydroxylation sites is 1. The van der Waals surface area contributed by atoms with E-state index in [0.29, 0.717) is 11.8 Å². The van der Waals surface area contributed by atoms with Gasteiger partial charge in [-0.05, 0) is 24.5 Å². The molecule has 1 aromatic heterocycles. The molecule has 2 rings (SSSR count). The van der Waals surface area contributed by atoms with Crippen LogP contribution >= 0.6 is 11.6 Å². The number of hydrogen-bond acceptors (Lipinski definition) is 1. The molecule has 0 saturated carbocycles. The van der Waals surface area contributed by atoms with Crippen LogP contribution in [0.3, 0.4) is 0 Å². The van der Waals surface area contributed by atoms with Crippen LogP contribution in [0.1, 0.15) is 31.7 Å². The Morgan fingerprint density at radius 2 is 2.17 bits per heavy atom. The molecule has 2 aromatic rings. The van der Waals surface area contributed by atoms with Crippen LogP contribution in [0.4, 0.5) is 0 Å². The Balaban J connectivity index is 2.52. The van der Waals surface area contributed by atoms with Gasteiger partial charge in [-0.3, -0.25) is 0 Å². The van der Waals surface area contributed by atoms with Crippen molar-refractivity contribution in [1.82, 2.24) is 9.55 Å². The quantitative estimate of drug-likeness (QED) is 0.741. The summed E-state index contributed by atoms with van der Waals surface area (Å²) in [6.45, 7) is 7.67. The Morgan fingerprint density at radius 3 is 2.83 bits per heavy atom. The zero-order valence-corrected chi connectivity index (χ0v) is 12.2. The second-order valence-electron chi connectivity index (χ2n) is 5.03. The minimum Gasteiger partial charge on any atom is -0.328 e. The molecule has 0 aliphatic heterocycles. The van der Waals surface area contributed by atoms with Crippen molar-refractivity contribution in [1.29, 1.82) is 0 Å². The minimum atomic E-state index is 0.628. The topological polar surface area (TPSA) is 17.8 Å². The zero-order chi connectivity index (χ0) is 13.1. The molecule has 0 radical (unpaired) electrons. The monoisotopic (exact) mass is 264 g/mol. The van der Waals surface area contributed by atoms with Crippen LogP contribution < -0.4 is 0 Å². The Kier molecular flexibility index (Phi) is 4.28. The van der Waals surface area contributed by atoms with Crippen molar-refractivity contribution in [2.45, 2.75) is 40.2 Å². The highest BCUT2D eigenvalue weighted by Crippen LogP contribution is 2.22. The third-order valence-corrected chi connectivity index (χ3v) is 3.76. The van der Waals surface area contributed by atoms with Crippen LogP contribution in [-0.4, -0.2) is 15.4 Å². The lowest BCUT2D eigenvalue weighted by atomic mass is 10.1. The van der Waals surface area contributed by atoms with E-state index in [1.165, 1.54) is 17.5 Å². The first kappa shape index (κ1) is 13.4. The maximum Gasteiger partial charge on any atom is 0.111 e. The molecule has 2 nitrogen and oxygen atoms in total. The summed E-state index contributed by atoms with van der Waals surface area (Å²) in [7, 11) is 0. The van der Waals surface area contributed by atoms with Crippen molar-refractivity contribution < 1.29 is 0 Å². The van der Waals surface area contributed by atoms with Gasteiger partial charge in [0, 0.05) is 18.8 Å². The summed E-state index contributed by atoms with van der Waals surface area (Å²) in [5.74, 6) is 2.41. The molecule has 1 unspecified atom stereocenters. The molecule has 0 spiro atoms. The molecule has 3 heteroatoms. The van der Waals surface area contributed by atoms with Gasteiger partial charge in [0.1, 0.15) is 5.82 Å². The number of fused-ring (bicyclic) bond motifs is 1. The summed E-state index contributed by atoms with van der Waals surface area (Å²) < 4.78 is 2.35. The number of hydrogen-bond donors (Lipinski definition) is 0. The second kappa shape index (κ2) is 5.75. The van der Waals surface area contributed by atoms with Crippen LogP contribution in [-0.2, 0) is 13.0 Å². The van der Waals surface area contributed by atoms with Crippen molar-refractivity contribution >= 4 is 22.6 Å². The highest BCUT2D eigenvalue weighted by Gasteiger charge is 2.13. The highest BCUT2D eigenvalue weighted by molar-refractivity contribution is 6.17. The predicted molar refractivity (Wildman–Crippen MR) is 78.3 cm³/mol. The molecular formula is C15H21ClN2. The number of rotatable bonds is 5. The number of aromatic nitrogens is 2. The Labute approximate surface area is 114 Å². The normalized spacial score (nSPS) is 13.1. The molecule has 0 amide bonds. The standard InChI is InChI=1S/C15H21ClN2/c1-4-11(2)10-18-13-7-5-6-12(3)15(13)17-14(18)8-9-16/h5-7,11H,4,8-10H2,1-3H3. The Bertz CT molecular complexity index is 531. The molecule has 0 aliphatic carbocycles. The molecule has 0 aliphatic rings. The molecule has 0 N–H and O–H groups in total. The first-order valence-electron chi connectivity index (χ1n) is 6.68. The van der Waals surface area contributed by atoms with Crippen molar-refractivity contribution in [3.05, 3.63) is 29.6 Å². The van der Waals surface area contributed by atoms with Gasteiger partial charge in [0.25, 0.3) is 0 Å². The van der Waals surface area contributed by atoms with Crippen molar-refractivity contribution in [2.24, 2.45) is 5.92 Å². The van der Waals surface area contributed by atoms with Crippen molar-refractivity contribution in [3.63, 3.8) is 0 Å². The molecule has 98 valence electrons. The van der Waals surface area contributed by atoms with Gasteiger partial charge in [-0.25, -0.2) is 4.98 Å². The van der Waals surface area contributed by atoms with E-state index in [2.05, 4.69) is 43.5 Å². The maximum absolute atomic E-state index is 5.89. The van der Waals surface area contributed by atoms with E-state index in [-0.39, 0.29) is 0 Å². The SMILES string of the molecule is CCC(C)Cn1c(CCCl)nc2c(C)cccc21. The van der Waals surface area contributed by atoms with Crippen LogP contribution in [0, 0.1) is 12.8 Å². The number of alkyl halides is 1. The van der Waals surface area contributed by atoms with Gasteiger partial charge >= 0.3 is 0 Å². The zero-order valence-electron chi connectivity index (χ0n) is 11.4. The molecule has 18 heavy (non-hydrogen) atoms. The third kappa shape index (κ3) is 2.54. The van der Waals surface area contributed by atoms with E-state index in [4.69, 9.17) is 16.6 Å². The third-order valence-electron chi connectivity index (χ3n) is 3.57. The average Bonchev–Trinajstić information content (AvgIpc) is 2.70. The lowest BCUT2D eigenvalue weighted by Gasteiger charge is -2.13. The van der Waals surface area contributed by atoms with E-state index in [1.54, 1.807) is 0 Å². The predicted octanol–water partition coefficient (Wildman–Crippen LogP) is 4.17. The minimum absolute atomic E-state index is 0.628. The second-order valence-corrected chi connectivity index (χ2v) is 5.41. The van der Waals surface area contributed by atoms with Gasteiger partial charge in [-0.1, -0.05) is 32.4 Å². The van der Waals surface area contributed by atoms with E-state index in [9.17, 15) is 0 Å². The summed E-state index contributed by atoms with van der Waals surface area (Å²) in [4.78, 5) is 4.77. The lowest BCUT2D eigenvalue weighted by molar-refractivity contribution is 0.466. The van der Waals surface area contributed by atoms with Gasteiger partial charge in [-0.2, -0.15) is 0 Å². The van der Waals surface area contributed by atoms with E-state index < -0.39 is 0 Å². The maximum atomic E-state index is 5.89. The van der Waals surface area contributed by atoms with Gasteiger partial charge in [0.05, 0.1) is 11.0 Å². The number of aryl methyl sites for hydroxylation is 2. The summed E-state index contributed by atoms with van der Waals surface area (Å²) in [5.41, 5.74) is 3.61. The highest BCUT2D eigenvalue weighted by atomic mass is 35.5. The molecule has 1 aromatic carbocycles. The van der Waals surface area contributed by atoms with Crippen molar-refractivity contribution in [2.75, 3.05) is 5.88 Å². The molecule has 0 fully saturated rings. The van der Waals surface area contributed by atoms with Gasteiger partial charge < -0.3 is 4.57 Å². The molecule has 1 atom stereocenters. The van der Waals surface area contributed by atoms with Crippen LogP contribution in [0.25, 0.3) is 11.0 Å². The number of benzene rings is 1. The fraction of sp³-hybridized carbons (Fsp3) is 0.533. The first-order valence-corrected chi connectivity index (χ1v) is 7.21. The van der Waals surface area contributed by atoms with Crippen molar-refractivity contribution in [3.8, 4) is 0 Å². The number of halogens is 1. The molecular weight excluding hydrogens is 244 g/mol. The van der Waals surface area contributed by atoms with E-state index in [1.807, 2.05) is 0 Å². The van der Waals surface area contributed by atoms with Gasteiger partial charge in [0.15, 0.2) is 0 Å². The molecule has 1 heterocycles. The number of nitrogens with zero attached hydrogens (tertiary/aromatic N) is 2. The number of imidazole rings is 1. The summed E-state index contributed by atoms with van der Waals surface area (Å²) in [5, 5.41) is 0. The summed E-state index contributed by atoms with van der Waals surface area (Å²) in [6.07, 6.45) is 2.03.